The van der Waals surface area contributed by atoms with Gasteiger partial charge in [-0.25, -0.2) is 26.5 Å². The Morgan fingerprint density at radius 2 is 2.06 bits per heavy atom. The van der Waals surface area contributed by atoms with Crippen molar-refractivity contribution < 1.29 is 16.8 Å². The second-order valence-electron chi connectivity index (χ2n) is 3.23. The molecule has 0 radical (unpaired) electrons. The van der Waals surface area contributed by atoms with Gasteiger partial charge in [0.15, 0.2) is 14.9 Å². The Hall–Kier alpha value is -1.00. The van der Waals surface area contributed by atoms with Crippen LogP contribution >= 0.6 is 0 Å². The van der Waals surface area contributed by atoms with Gasteiger partial charge in [-0.15, -0.1) is 0 Å². The first-order chi connectivity index (χ1) is 7.29. The predicted octanol–water partition coefficient (Wildman–Crippen LogP) is -1.73. The van der Waals surface area contributed by atoms with Crippen LogP contribution in [0.4, 0.5) is 0 Å². The number of nitrogens with zero attached hydrogens (tertiary/aromatic N) is 2. The summed E-state index contributed by atoms with van der Waals surface area (Å²) in [6.45, 7) is 0.0764. The monoisotopic (exact) mass is 268 g/mol. The van der Waals surface area contributed by atoms with Gasteiger partial charge in [-0.3, -0.25) is 5.10 Å². The normalized spacial score (nSPS) is 12.8. The Balaban J connectivity index is 2.43. The summed E-state index contributed by atoms with van der Waals surface area (Å²) in [6.07, 6.45) is 2.49. The molecule has 1 rings (SSSR count). The lowest BCUT2D eigenvalue weighted by molar-refractivity contribution is 0.580. The van der Waals surface area contributed by atoms with Crippen molar-refractivity contribution in [2.75, 3.05) is 17.9 Å². The third kappa shape index (κ3) is 5.19. The van der Waals surface area contributed by atoms with E-state index in [1.54, 1.807) is 0 Å². The molecular weight excluding hydrogens is 256 g/mol. The maximum absolute atomic E-state index is 11.2. The lowest BCUT2D eigenvalue weighted by Crippen LogP contribution is -2.31. The van der Waals surface area contributed by atoms with Crippen molar-refractivity contribution in [1.29, 1.82) is 0 Å². The second-order valence-corrected chi connectivity index (χ2v) is 7.55. The number of H-pyrrole nitrogens is 1. The van der Waals surface area contributed by atoms with Gasteiger partial charge >= 0.3 is 0 Å². The molecule has 1 aromatic rings. The molecule has 1 heterocycles. The van der Waals surface area contributed by atoms with Crippen LogP contribution in [0.2, 0.25) is 0 Å². The Morgan fingerprint density at radius 3 is 2.56 bits per heavy atom. The number of aromatic amines is 1. The van der Waals surface area contributed by atoms with Gasteiger partial charge < -0.3 is 0 Å². The van der Waals surface area contributed by atoms with Crippen LogP contribution in [-0.4, -0.2) is 49.9 Å². The van der Waals surface area contributed by atoms with E-state index in [4.69, 9.17) is 0 Å². The largest absolute Gasteiger partial charge is 0.263 e. The molecule has 10 heteroatoms. The molecule has 0 atom stereocenters. The number of hydrogen-bond donors (Lipinski definition) is 2. The van der Waals surface area contributed by atoms with Gasteiger partial charge in [0.05, 0.1) is 0 Å². The molecule has 0 spiro atoms. The first kappa shape index (κ1) is 13.1. The van der Waals surface area contributed by atoms with E-state index in [1.807, 2.05) is 0 Å². The quantitative estimate of drug-likeness (QED) is 0.632. The highest BCUT2D eigenvalue weighted by atomic mass is 32.3. The minimum atomic E-state index is -3.79. The molecule has 0 saturated heterocycles. The van der Waals surface area contributed by atoms with Crippen molar-refractivity contribution in [3.05, 3.63) is 12.2 Å². The number of hydrogen-bond acceptors (Lipinski definition) is 6. The summed E-state index contributed by atoms with van der Waals surface area (Å²) in [7, 11) is -7.34. The fourth-order valence-electron chi connectivity index (χ4n) is 1.000. The maximum atomic E-state index is 11.2. The van der Waals surface area contributed by atoms with Crippen molar-refractivity contribution in [2.24, 2.45) is 0 Å². The first-order valence-corrected chi connectivity index (χ1v) is 7.99. The van der Waals surface area contributed by atoms with Gasteiger partial charge in [-0.1, -0.05) is 0 Å². The van der Waals surface area contributed by atoms with E-state index >= 15 is 0 Å². The number of rotatable bonds is 6. The Bertz CT molecular complexity index is 519. The Labute approximate surface area is 93.4 Å². The zero-order chi connectivity index (χ0) is 12.2. The van der Waals surface area contributed by atoms with Crippen LogP contribution in [0.3, 0.4) is 0 Å². The standard InChI is InChI=1S/C6H12N4O4S2/c1-15(11,12)5-16(13,14)9-3-2-6-7-4-8-10-6/h4,9H,2-3,5H2,1H3,(H,7,8,10). The van der Waals surface area contributed by atoms with Crippen LogP contribution in [0.25, 0.3) is 0 Å². The minimum absolute atomic E-state index is 0.0764. The maximum Gasteiger partial charge on any atom is 0.226 e. The zero-order valence-electron chi connectivity index (χ0n) is 8.54. The van der Waals surface area contributed by atoms with Crippen molar-refractivity contribution in [3.63, 3.8) is 0 Å². The van der Waals surface area contributed by atoms with Crippen molar-refractivity contribution in [2.45, 2.75) is 6.42 Å². The Morgan fingerprint density at radius 1 is 1.38 bits per heavy atom. The predicted molar refractivity (Wildman–Crippen MR) is 56.7 cm³/mol. The molecule has 2 N–H and O–H groups in total. The van der Waals surface area contributed by atoms with E-state index in [0.29, 0.717) is 12.2 Å². The number of sulfonamides is 1. The van der Waals surface area contributed by atoms with Crippen LogP contribution in [0.1, 0.15) is 5.82 Å². The fourth-order valence-corrected chi connectivity index (χ4v) is 4.00. The lowest BCUT2D eigenvalue weighted by atomic mass is 10.4. The van der Waals surface area contributed by atoms with E-state index in [1.165, 1.54) is 6.33 Å². The van der Waals surface area contributed by atoms with Crippen LogP contribution in [-0.2, 0) is 26.3 Å². The molecule has 0 fully saturated rings. The average molecular weight is 268 g/mol. The topological polar surface area (TPSA) is 122 Å². The summed E-state index contributed by atoms with van der Waals surface area (Å²) in [5.74, 6) is 0.530. The molecule has 0 amide bonds. The van der Waals surface area contributed by atoms with E-state index in [-0.39, 0.29) is 6.54 Å². The summed E-state index contributed by atoms with van der Waals surface area (Å²) in [4.78, 5) is 3.79. The molecule has 0 aromatic carbocycles. The molecule has 8 nitrogen and oxygen atoms in total. The molecule has 1 aromatic heterocycles. The summed E-state index contributed by atoms with van der Waals surface area (Å²) >= 11 is 0. The highest BCUT2D eigenvalue weighted by molar-refractivity contribution is 8.06. The van der Waals surface area contributed by atoms with Crippen LogP contribution in [0, 0.1) is 0 Å². The number of aromatic nitrogens is 3. The summed E-state index contributed by atoms with van der Waals surface area (Å²) < 4.78 is 46.2. The highest BCUT2D eigenvalue weighted by Crippen LogP contribution is 1.93. The number of nitrogens with one attached hydrogen (secondary N) is 2. The van der Waals surface area contributed by atoms with E-state index in [2.05, 4.69) is 19.9 Å². The van der Waals surface area contributed by atoms with Gasteiger partial charge in [0.2, 0.25) is 10.0 Å². The van der Waals surface area contributed by atoms with Crippen LogP contribution in [0.5, 0.6) is 0 Å². The molecule has 0 aliphatic rings. The fraction of sp³-hybridized carbons (Fsp3) is 0.667. The van der Waals surface area contributed by atoms with E-state index < -0.39 is 24.9 Å². The van der Waals surface area contributed by atoms with Gasteiger partial charge in [-0.05, 0) is 0 Å². The van der Waals surface area contributed by atoms with Gasteiger partial charge in [0.25, 0.3) is 0 Å². The molecular formula is C6H12N4O4S2. The van der Waals surface area contributed by atoms with Crippen molar-refractivity contribution >= 4 is 19.9 Å². The highest BCUT2D eigenvalue weighted by Gasteiger charge is 2.17. The van der Waals surface area contributed by atoms with Gasteiger partial charge in [0, 0.05) is 19.2 Å². The first-order valence-electron chi connectivity index (χ1n) is 4.28. The second kappa shape index (κ2) is 4.89. The van der Waals surface area contributed by atoms with Crippen molar-refractivity contribution in [3.8, 4) is 0 Å². The molecule has 0 saturated carbocycles. The summed E-state index contributed by atoms with van der Waals surface area (Å²) in [5, 5.41) is 5.24. The summed E-state index contributed by atoms with van der Waals surface area (Å²) in [6, 6.07) is 0. The Kier molecular flexibility index (Phi) is 3.99. The molecule has 0 bridgehead atoms. The lowest BCUT2D eigenvalue weighted by Gasteiger charge is -2.03. The van der Waals surface area contributed by atoms with E-state index in [9.17, 15) is 16.8 Å². The van der Waals surface area contributed by atoms with Crippen molar-refractivity contribution in [1.82, 2.24) is 19.9 Å². The molecule has 0 aliphatic carbocycles. The molecule has 16 heavy (non-hydrogen) atoms. The molecule has 0 aliphatic heterocycles. The summed E-state index contributed by atoms with van der Waals surface area (Å²) in [5.41, 5.74) is 0. The number of sulfone groups is 1. The molecule has 92 valence electrons. The zero-order valence-corrected chi connectivity index (χ0v) is 10.2. The molecule has 0 unspecified atom stereocenters. The SMILES string of the molecule is CS(=O)(=O)CS(=O)(=O)NCCc1ncn[nH]1. The van der Waals surface area contributed by atoms with Crippen LogP contribution in [0.15, 0.2) is 6.33 Å². The van der Waals surface area contributed by atoms with Crippen LogP contribution < -0.4 is 4.72 Å². The van der Waals surface area contributed by atoms with E-state index in [0.717, 1.165) is 6.26 Å². The minimum Gasteiger partial charge on any atom is -0.263 e. The third-order valence-corrected chi connectivity index (χ3v) is 5.12. The third-order valence-electron chi connectivity index (χ3n) is 1.52. The smallest absolute Gasteiger partial charge is 0.226 e. The van der Waals surface area contributed by atoms with Gasteiger partial charge in [-0.2, -0.15) is 5.10 Å². The average Bonchev–Trinajstić information content (AvgIpc) is 2.51. The van der Waals surface area contributed by atoms with Gasteiger partial charge in [0.1, 0.15) is 12.2 Å².